The van der Waals surface area contributed by atoms with Gasteiger partial charge in [0.15, 0.2) is 17.8 Å². The molecule has 2 N–H and O–H groups in total. The van der Waals surface area contributed by atoms with Crippen molar-refractivity contribution in [3.8, 4) is 22.3 Å². The summed E-state index contributed by atoms with van der Waals surface area (Å²) in [5.41, 5.74) is -0.138. The van der Waals surface area contributed by atoms with Crippen LogP contribution >= 0.6 is 11.3 Å². The Morgan fingerprint density at radius 1 is 1.42 bits per heavy atom. The molecule has 0 radical (unpaired) electrons. The van der Waals surface area contributed by atoms with Crippen molar-refractivity contribution in [3.63, 3.8) is 0 Å². The van der Waals surface area contributed by atoms with Crippen molar-refractivity contribution in [3.05, 3.63) is 22.7 Å². The zero-order chi connectivity index (χ0) is 14.0. The molecule has 0 aliphatic carbocycles. The number of nitrogens with zero attached hydrogens (tertiary/aromatic N) is 2. The van der Waals surface area contributed by atoms with Gasteiger partial charge < -0.3 is 14.9 Å². The van der Waals surface area contributed by atoms with Gasteiger partial charge in [0.25, 0.3) is 5.88 Å². The van der Waals surface area contributed by atoms with Crippen molar-refractivity contribution < 1.29 is 24.5 Å². The van der Waals surface area contributed by atoms with E-state index in [0.29, 0.717) is 16.7 Å². The zero-order valence-electron chi connectivity index (χ0n) is 9.65. The molecule has 19 heavy (non-hydrogen) atoms. The van der Waals surface area contributed by atoms with Gasteiger partial charge in [-0.2, -0.15) is 4.98 Å². The van der Waals surface area contributed by atoms with Gasteiger partial charge in [-0.3, -0.25) is 4.79 Å². The van der Waals surface area contributed by atoms with Crippen LogP contribution < -0.4 is 0 Å². The molecule has 8 heteroatoms. The first-order chi connectivity index (χ1) is 9.08. The Hall–Kier alpha value is -2.48. The molecule has 2 heterocycles. The number of aldehydes is 1. The highest BCUT2D eigenvalue weighted by Crippen LogP contribution is 2.32. The maximum absolute atomic E-state index is 11.4. The fourth-order valence-electron chi connectivity index (χ4n) is 1.38. The smallest absolute Gasteiger partial charge is 0.360 e. The molecular weight excluding hydrogens is 272 g/mol. The van der Waals surface area contributed by atoms with E-state index in [0.717, 1.165) is 7.11 Å². The zero-order valence-corrected chi connectivity index (χ0v) is 10.5. The van der Waals surface area contributed by atoms with Crippen LogP contribution in [0.25, 0.3) is 10.7 Å². The summed E-state index contributed by atoms with van der Waals surface area (Å²) < 4.78 is 4.43. The van der Waals surface area contributed by atoms with Crippen LogP contribution in [0, 0.1) is 0 Å². The highest BCUT2D eigenvalue weighted by Gasteiger charge is 2.22. The van der Waals surface area contributed by atoms with Gasteiger partial charge in [-0.15, -0.1) is 11.3 Å². The molecule has 2 rings (SSSR count). The minimum Gasteiger partial charge on any atom is -0.501 e. The molecule has 0 aliphatic rings. The van der Waals surface area contributed by atoms with Gasteiger partial charge in [-0.25, -0.2) is 9.78 Å². The Morgan fingerprint density at radius 2 is 2.16 bits per heavy atom. The highest BCUT2D eigenvalue weighted by molar-refractivity contribution is 7.13. The number of aromatic nitrogens is 2. The van der Waals surface area contributed by atoms with Crippen molar-refractivity contribution in [2.24, 2.45) is 0 Å². The van der Waals surface area contributed by atoms with Crippen molar-refractivity contribution in [2.45, 2.75) is 0 Å². The molecule has 0 bridgehead atoms. The van der Waals surface area contributed by atoms with Crippen LogP contribution in [-0.4, -0.2) is 39.5 Å². The number of carbonyl (C=O) groups excluding carboxylic acids is 2. The highest BCUT2D eigenvalue weighted by atomic mass is 32.1. The molecular formula is C11H8N2O5S. The molecule has 0 aliphatic heterocycles. The lowest BCUT2D eigenvalue weighted by Crippen LogP contribution is -2.07. The fraction of sp³-hybridized carbons (Fsp3) is 0.0909. The monoisotopic (exact) mass is 280 g/mol. The van der Waals surface area contributed by atoms with E-state index in [1.807, 2.05) is 0 Å². The Bertz CT molecular complexity index is 653. The van der Waals surface area contributed by atoms with Crippen molar-refractivity contribution in [1.82, 2.24) is 9.97 Å². The molecule has 2 aromatic rings. The van der Waals surface area contributed by atoms with Gasteiger partial charge in [0.2, 0.25) is 5.75 Å². The molecule has 0 saturated carbocycles. The van der Waals surface area contributed by atoms with E-state index in [1.165, 1.54) is 11.3 Å². The van der Waals surface area contributed by atoms with Crippen molar-refractivity contribution >= 4 is 23.6 Å². The standard InChI is InChI=1S/C11H8N2O5S/c1-18-11(17)6-7(15)10(16)13-9(12-6)8-5(4-14)2-3-19-8/h2-4,15H,1H3,(H,12,13,16). The van der Waals surface area contributed by atoms with Crippen LogP contribution in [0.15, 0.2) is 11.4 Å². The van der Waals surface area contributed by atoms with Gasteiger partial charge in [-0.05, 0) is 11.4 Å². The van der Waals surface area contributed by atoms with E-state index in [9.17, 15) is 19.8 Å². The third kappa shape index (κ3) is 2.25. The minimum absolute atomic E-state index is 0.0344. The first-order valence-electron chi connectivity index (χ1n) is 4.99. The predicted molar refractivity (Wildman–Crippen MR) is 65.4 cm³/mol. The fourth-order valence-corrected chi connectivity index (χ4v) is 2.18. The maximum atomic E-state index is 11.4. The van der Waals surface area contributed by atoms with Gasteiger partial charge in [0.1, 0.15) is 0 Å². The third-order valence-electron chi connectivity index (χ3n) is 2.27. The number of carbonyl (C=O) groups is 2. The summed E-state index contributed by atoms with van der Waals surface area (Å²) in [4.78, 5) is 30.1. The predicted octanol–water partition coefficient (Wildman–Crippen LogP) is 1.22. The van der Waals surface area contributed by atoms with Gasteiger partial charge in [0, 0.05) is 5.56 Å². The minimum atomic E-state index is -0.916. The van der Waals surface area contributed by atoms with Gasteiger partial charge in [-0.1, -0.05) is 0 Å². The number of hydrogen-bond acceptors (Lipinski definition) is 8. The second kappa shape index (κ2) is 5.02. The first kappa shape index (κ1) is 13.0. The number of aromatic hydroxyl groups is 2. The van der Waals surface area contributed by atoms with Crippen molar-refractivity contribution in [2.75, 3.05) is 7.11 Å². The SMILES string of the molecule is COC(=O)c1nc(-c2sccc2C=O)nc(O)c1O. The van der Waals surface area contributed by atoms with Gasteiger partial charge in [0.05, 0.1) is 12.0 Å². The summed E-state index contributed by atoms with van der Waals surface area (Å²) in [6.07, 6.45) is 0.608. The van der Waals surface area contributed by atoms with E-state index in [2.05, 4.69) is 14.7 Å². The largest absolute Gasteiger partial charge is 0.501 e. The second-order valence-corrected chi connectivity index (χ2v) is 4.30. The Morgan fingerprint density at radius 3 is 2.79 bits per heavy atom. The summed E-state index contributed by atoms with van der Waals surface area (Å²) in [7, 11) is 1.11. The summed E-state index contributed by atoms with van der Waals surface area (Å²) in [5.74, 6) is -2.47. The molecule has 0 spiro atoms. The third-order valence-corrected chi connectivity index (χ3v) is 3.20. The first-order valence-corrected chi connectivity index (χ1v) is 5.87. The molecule has 0 saturated heterocycles. The summed E-state index contributed by atoms with van der Waals surface area (Å²) >= 11 is 1.17. The Labute approximate surface area is 111 Å². The molecule has 0 unspecified atom stereocenters. The number of thiophene rings is 1. The van der Waals surface area contributed by atoms with Crippen LogP contribution in [0.4, 0.5) is 0 Å². The maximum Gasteiger partial charge on any atom is 0.360 e. The topological polar surface area (TPSA) is 110 Å². The van der Waals surface area contributed by atoms with Crippen molar-refractivity contribution in [1.29, 1.82) is 0 Å². The molecule has 98 valence electrons. The lowest BCUT2D eigenvalue weighted by Gasteiger charge is -2.05. The average molecular weight is 280 g/mol. The quantitative estimate of drug-likeness (QED) is 0.642. The molecule has 0 amide bonds. The van der Waals surface area contributed by atoms with Crippen LogP contribution in [0.1, 0.15) is 20.8 Å². The molecule has 0 fully saturated rings. The van der Waals surface area contributed by atoms with Gasteiger partial charge >= 0.3 is 5.97 Å². The normalized spacial score (nSPS) is 10.2. The van der Waals surface area contributed by atoms with Crippen LogP contribution in [0.5, 0.6) is 11.6 Å². The lowest BCUT2D eigenvalue weighted by molar-refractivity contribution is 0.0589. The number of rotatable bonds is 3. The van der Waals surface area contributed by atoms with E-state index in [-0.39, 0.29) is 5.82 Å². The number of methoxy groups -OCH3 is 1. The molecule has 2 aromatic heterocycles. The summed E-state index contributed by atoms with van der Waals surface area (Å²) in [6.45, 7) is 0. The Kier molecular flexibility index (Phi) is 3.43. The molecule has 0 aromatic carbocycles. The average Bonchev–Trinajstić information content (AvgIpc) is 2.89. The lowest BCUT2D eigenvalue weighted by atomic mass is 10.2. The van der Waals surface area contributed by atoms with Crippen LogP contribution in [0.2, 0.25) is 0 Å². The van der Waals surface area contributed by atoms with E-state index < -0.39 is 23.3 Å². The Balaban J connectivity index is 2.63. The number of esters is 1. The van der Waals surface area contributed by atoms with E-state index >= 15 is 0 Å². The second-order valence-electron chi connectivity index (χ2n) is 3.38. The molecule has 0 atom stereocenters. The number of hydrogen-bond donors (Lipinski definition) is 2. The number of ether oxygens (including phenoxy) is 1. The summed E-state index contributed by atoms with van der Waals surface area (Å²) in [6, 6.07) is 1.55. The molecule has 7 nitrogen and oxygen atoms in total. The van der Waals surface area contributed by atoms with Crippen LogP contribution in [0.3, 0.4) is 0 Å². The van der Waals surface area contributed by atoms with Crippen LogP contribution in [-0.2, 0) is 4.74 Å². The van der Waals surface area contributed by atoms with E-state index in [4.69, 9.17) is 0 Å². The van der Waals surface area contributed by atoms with E-state index in [1.54, 1.807) is 11.4 Å². The summed E-state index contributed by atoms with van der Waals surface area (Å²) in [5, 5.41) is 20.6.